The number of nitrogens with one attached hydrogen (secondary N) is 1. The van der Waals surface area contributed by atoms with Crippen molar-refractivity contribution in [1.29, 1.82) is 0 Å². The number of aromatic nitrogens is 1. The Morgan fingerprint density at radius 3 is 2.82 bits per heavy atom. The molecule has 0 radical (unpaired) electrons. The van der Waals surface area contributed by atoms with Gasteiger partial charge in [0.25, 0.3) is 5.91 Å². The molecule has 33 heavy (non-hydrogen) atoms. The lowest BCUT2D eigenvalue weighted by atomic mass is 10.0. The van der Waals surface area contributed by atoms with Crippen LogP contribution in [0.2, 0.25) is 0 Å². The normalized spacial score (nSPS) is 12.5. The average molecular weight is 450 g/mol. The van der Waals surface area contributed by atoms with Crippen LogP contribution in [0.5, 0.6) is 5.75 Å². The highest BCUT2D eigenvalue weighted by Crippen LogP contribution is 2.36. The van der Waals surface area contributed by atoms with Gasteiger partial charge >= 0.3 is 0 Å². The van der Waals surface area contributed by atoms with Gasteiger partial charge in [0, 0.05) is 37.1 Å². The fraction of sp³-hybridized carbons (Fsp3) is 0.308. The van der Waals surface area contributed by atoms with E-state index < -0.39 is 0 Å². The van der Waals surface area contributed by atoms with Gasteiger partial charge in [0.1, 0.15) is 5.82 Å². The molecule has 3 aromatic rings. The monoisotopic (exact) mass is 449 g/mol. The van der Waals surface area contributed by atoms with Crippen LogP contribution in [0.25, 0.3) is 0 Å². The van der Waals surface area contributed by atoms with E-state index >= 15 is 0 Å². The van der Waals surface area contributed by atoms with E-state index in [4.69, 9.17) is 9.84 Å². The van der Waals surface area contributed by atoms with Gasteiger partial charge in [0.05, 0.1) is 7.11 Å². The topological polar surface area (TPSA) is 74.7 Å². The highest BCUT2D eigenvalue weighted by molar-refractivity contribution is 5.98. The van der Waals surface area contributed by atoms with Gasteiger partial charge in [-0.3, -0.25) is 4.79 Å². The van der Waals surface area contributed by atoms with Crippen molar-refractivity contribution in [3.8, 4) is 5.75 Å². The molecule has 2 N–H and O–H groups in total. The number of rotatable bonds is 9. The van der Waals surface area contributed by atoms with Crippen molar-refractivity contribution in [3.05, 3.63) is 82.8 Å². The van der Waals surface area contributed by atoms with Crippen molar-refractivity contribution in [1.82, 2.24) is 10.3 Å². The van der Waals surface area contributed by atoms with E-state index in [-0.39, 0.29) is 24.1 Å². The van der Waals surface area contributed by atoms with Crippen molar-refractivity contribution < 1.29 is 19.0 Å². The molecule has 0 unspecified atom stereocenters. The molecule has 0 atom stereocenters. The molecule has 6 nitrogen and oxygen atoms in total. The summed E-state index contributed by atoms with van der Waals surface area (Å²) in [7, 11) is 1.45. The largest absolute Gasteiger partial charge is 0.494 e. The average Bonchev–Trinajstić information content (AvgIpc) is 3.26. The summed E-state index contributed by atoms with van der Waals surface area (Å²) in [6.45, 7) is 1.41. The second-order valence-corrected chi connectivity index (χ2v) is 8.06. The number of ether oxygens (including phenoxy) is 1. The zero-order valence-corrected chi connectivity index (χ0v) is 18.7. The van der Waals surface area contributed by atoms with E-state index in [0.29, 0.717) is 24.9 Å². The van der Waals surface area contributed by atoms with Gasteiger partial charge < -0.3 is 20.1 Å². The number of pyridine rings is 1. The first-order valence-corrected chi connectivity index (χ1v) is 11.2. The Balaban J connectivity index is 1.52. The van der Waals surface area contributed by atoms with E-state index in [2.05, 4.69) is 15.2 Å². The maximum atomic E-state index is 14.1. The summed E-state index contributed by atoms with van der Waals surface area (Å²) in [5, 5.41) is 11.8. The van der Waals surface area contributed by atoms with E-state index in [1.54, 1.807) is 12.3 Å². The van der Waals surface area contributed by atoms with E-state index in [0.717, 1.165) is 47.6 Å². The number of nitrogens with zero attached hydrogens (tertiary/aromatic N) is 2. The van der Waals surface area contributed by atoms with E-state index in [1.807, 2.05) is 36.4 Å². The number of aliphatic hydroxyl groups excluding tert-OH is 1. The standard InChI is InChI=1S/C26H28FN3O3/c1-33-24-8-7-18(16-22(24)27)15-19-9-12-28-25(17-19)30-13-10-20-21(5-4-6-23(20)30)26(32)29-11-2-3-14-31/h4-9,12,16-17,31H,2-3,10-11,13-15H2,1H3,(H,29,32). The summed E-state index contributed by atoms with van der Waals surface area (Å²) in [5.74, 6) is 0.576. The second kappa shape index (κ2) is 10.4. The van der Waals surface area contributed by atoms with Gasteiger partial charge in [0.15, 0.2) is 11.6 Å². The minimum absolute atomic E-state index is 0.0881. The van der Waals surface area contributed by atoms with Crippen LogP contribution >= 0.6 is 0 Å². The molecule has 4 rings (SSSR count). The molecule has 1 aliphatic heterocycles. The number of halogens is 1. The van der Waals surface area contributed by atoms with Gasteiger partial charge in [-0.2, -0.15) is 0 Å². The highest BCUT2D eigenvalue weighted by Gasteiger charge is 2.26. The van der Waals surface area contributed by atoms with Crippen molar-refractivity contribution in [3.63, 3.8) is 0 Å². The molecule has 7 heteroatoms. The third-order valence-corrected chi connectivity index (χ3v) is 5.85. The van der Waals surface area contributed by atoms with Crippen molar-refractivity contribution in [2.75, 3.05) is 31.7 Å². The van der Waals surface area contributed by atoms with Crippen LogP contribution < -0.4 is 15.0 Å². The van der Waals surface area contributed by atoms with E-state index in [9.17, 15) is 9.18 Å². The second-order valence-electron chi connectivity index (χ2n) is 8.06. The quantitative estimate of drug-likeness (QED) is 0.483. The number of anilines is 2. The predicted octanol–water partition coefficient (Wildman–Crippen LogP) is 4.02. The number of unbranched alkanes of at least 4 members (excludes halogenated alkanes) is 1. The number of amides is 1. The Hall–Kier alpha value is -3.45. The Kier molecular flexibility index (Phi) is 7.19. The van der Waals surface area contributed by atoms with Gasteiger partial charge in [-0.15, -0.1) is 0 Å². The van der Waals surface area contributed by atoms with Crippen LogP contribution in [0.4, 0.5) is 15.9 Å². The molecular weight excluding hydrogens is 421 g/mol. The number of carbonyl (C=O) groups excluding carboxylic acids is 1. The summed E-state index contributed by atoms with van der Waals surface area (Å²) >= 11 is 0. The third-order valence-electron chi connectivity index (χ3n) is 5.85. The zero-order valence-electron chi connectivity index (χ0n) is 18.7. The smallest absolute Gasteiger partial charge is 0.251 e. The molecule has 1 aromatic heterocycles. The van der Waals surface area contributed by atoms with Crippen LogP contribution in [0.1, 0.15) is 39.9 Å². The Morgan fingerprint density at radius 1 is 1.18 bits per heavy atom. The van der Waals surface area contributed by atoms with Crippen molar-refractivity contribution >= 4 is 17.4 Å². The molecule has 0 saturated heterocycles. The summed E-state index contributed by atoms with van der Waals surface area (Å²) in [6.07, 6.45) is 4.52. The zero-order chi connectivity index (χ0) is 23.2. The van der Waals surface area contributed by atoms with Crippen molar-refractivity contribution in [2.24, 2.45) is 0 Å². The van der Waals surface area contributed by atoms with E-state index in [1.165, 1.54) is 13.2 Å². The predicted molar refractivity (Wildman–Crippen MR) is 126 cm³/mol. The maximum absolute atomic E-state index is 14.1. The Labute approximate surface area is 193 Å². The number of methoxy groups -OCH3 is 1. The number of aliphatic hydroxyl groups is 1. The SMILES string of the molecule is COc1ccc(Cc2ccnc(N3CCc4c(C(=O)NCCCCO)cccc43)c2)cc1F. The lowest BCUT2D eigenvalue weighted by Gasteiger charge is -2.19. The van der Waals surface area contributed by atoms with Gasteiger partial charge in [-0.25, -0.2) is 9.37 Å². The Bertz CT molecular complexity index is 1140. The molecule has 0 aliphatic carbocycles. The van der Waals surface area contributed by atoms with Gasteiger partial charge in [-0.05, 0) is 78.8 Å². The third kappa shape index (κ3) is 5.14. The minimum Gasteiger partial charge on any atom is -0.494 e. The molecule has 2 aromatic carbocycles. The number of fused-ring (bicyclic) bond motifs is 1. The molecule has 172 valence electrons. The molecular formula is C26H28FN3O3. The lowest BCUT2D eigenvalue weighted by molar-refractivity contribution is 0.0951. The number of hydrogen-bond acceptors (Lipinski definition) is 5. The molecule has 1 amide bonds. The van der Waals surface area contributed by atoms with Crippen LogP contribution in [-0.2, 0) is 12.8 Å². The van der Waals surface area contributed by atoms with Crippen molar-refractivity contribution in [2.45, 2.75) is 25.7 Å². The van der Waals surface area contributed by atoms with Crippen LogP contribution in [0.15, 0.2) is 54.7 Å². The first-order chi connectivity index (χ1) is 16.1. The van der Waals surface area contributed by atoms with Crippen LogP contribution in [0, 0.1) is 5.82 Å². The summed E-state index contributed by atoms with van der Waals surface area (Å²) in [5.41, 5.74) is 4.56. The fourth-order valence-electron chi connectivity index (χ4n) is 4.19. The number of carbonyl (C=O) groups is 1. The number of hydrogen-bond donors (Lipinski definition) is 2. The first kappa shape index (κ1) is 22.7. The highest BCUT2D eigenvalue weighted by atomic mass is 19.1. The molecule has 0 saturated carbocycles. The molecule has 0 spiro atoms. The fourth-order valence-corrected chi connectivity index (χ4v) is 4.19. The summed E-state index contributed by atoms with van der Waals surface area (Å²) in [6, 6.07) is 14.7. The summed E-state index contributed by atoms with van der Waals surface area (Å²) < 4.78 is 19.1. The molecule has 1 aliphatic rings. The number of benzene rings is 2. The van der Waals surface area contributed by atoms with Gasteiger partial charge in [0.2, 0.25) is 0 Å². The molecule has 2 heterocycles. The molecule has 0 bridgehead atoms. The van der Waals surface area contributed by atoms with Gasteiger partial charge in [-0.1, -0.05) is 12.1 Å². The Morgan fingerprint density at radius 2 is 2.03 bits per heavy atom. The van der Waals surface area contributed by atoms with Crippen LogP contribution in [0.3, 0.4) is 0 Å². The lowest BCUT2D eigenvalue weighted by Crippen LogP contribution is -2.25. The summed E-state index contributed by atoms with van der Waals surface area (Å²) in [4.78, 5) is 19.4. The maximum Gasteiger partial charge on any atom is 0.251 e. The minimum atomic E-state index is -0.375. The van der Waals surface area contributed by atoms with Crippen LogP contribution in [-0.4, -0.2) is 42.8 Å². The first-order valence-electron chi connectivity index (χ1n) is 11.2. The molecule has 0 fully saturated rings.